The molecule has 3 nitrogen and oxygen atoms in total. The lowest BCUT2D eigenvalue weighted by molar-refractivity contribution is 0.627. The molecule has 0 fully saturated rings. The predicted octanol–water partition coefficient (Wildman–Crippen LogP) is 4.28. The standard InChI is InChI=1S/C16H22FN3S/c1-5-11(2)15-14(10-18-3)21-16(19-15)20(4)13-9-7-6-8-12(13)17/h6-9,11,18H,5,10H2,1-4H3. The minimum Gasteiger partial charge on any atom is -0.318 e. The van der Waals surface area contributed by atoms with Gasteiger partial charge in [-0.1, -0.05) is 37.3 Å². The number of hydrogen-bond donors (Lipinski definition) is 1. The number of nitrogens with zero attached hydrogens (tertiary/aromatic N) is 2. The van der Waals surface area contributed by atoms with E-state index in [1.807, 2.05) is 25.1 Å². The Bertz CT molecular complexity index is 597. The van der Waals surface area contributed by atoms with Crippen molar-refractivity contribution in [1.29, 1.82) is 0 Å². The van der Waals surface area contributed by atoms with Crippen LogP contribution in [-0.2, 0) is 6.54 Å². The van der Waals surface area contributed by atoms with Gasteiger partial charge >= 0.3 is 0 Å². The smallest absolute Gasteiger partial charge is 0.190 e. The fourth-order valence-electron chi connectivity index (χ4n) is 2.19. The van der Waals surface area contributed by atoms with E-state index in [1.165, 1.54) is 10.9 Å². The Morgan fingerprint density at radius 2 is 2.10 bits per heavy atom. The lowest BCUT2D eigenvalue weighted by Gasteiger charge is -2.16. The molecule has 5 heteroatoms. The molecular formula is C16H22FN3S. The molecule has 1 N–H and O–H groups in total. The fraction of sp³-hybridized carbons (Fsp3) is 0.438. The van der Waals surface area contributed by atoms with Gasteiger partial charge in [-0.2, -0.15) is 0 Å². The van der Waals surface area contributed by atoms with Crippen molar-refractivity contribution in [3.8, 4) is 0 Å². The second kappa shape index (κ2) is 7.00. The number of halogens is 1. The summed E-state index contributed by atoms with van der Waals surface area (Å²) >= 11 is 1.63. The average Bonchev–Trinajstić information content (AvgIpc) is 2.91. The van der Waals surface area contributed by atoms with Crippen LogP contribution in [0.3, 0.4) is 0 Å². The molecule has 1 aromatic carbocycles. The third-order valence-corrected chi connectivity index (χ3v) is 4.78. The van der Waals surface area contributed by atoms with E-state index < -0.39 is 0 Å². The molecule has 0 spiro atoms. The number of nitrogens with one attached hydrogen (secondary N) is 1. The molecule has 1 heterocycles. The van der Waals surface area contributed by atoms with E-state index >= 15 is 0 Å². The highest BCUT2D eigenvalue weighted by Crippen LogP contribution is 2.35. The van der Waals surface area contributed by atoms with E-state index in [2.05, 4.69) is 19.2 Å². The molecule has 2 aromatic rings. The summed E-state index contributed by atoms with van der Waals surface area (Å²) in [5.74, 6) is 0.183. The molecule has 2 rings (SSSR count). The third-order valence-electron chi connectivity index (χ3n) is 3.63. The number of thiazole rings is 1. The summed E-state index contributed by atoms with van der Waals surface area (Å²) < 4.78 is 13.9. The quantitative estimate of drug-likeness (QED) is 0.863. The molecule has 21 heavy (non-hydrogen) atoms. The summed E-state index contributed by atoms with van der Waals surface area (Å²) in [4.78, 5) is 7.81. The van der Waals surface area contributed by atoms with Gasteiger partial charge in [-0.25, -0.2) is 9.37 Å². The number of hydrogen-bond acceptors (Lipinski definition) is 4. The van der Waals surface area contributed by atoms with Crippen LogP contribution >= 0.6 is 11.3 Å². The molecule has 0 saturated carbocycles. The van der Waals surface area contributed by atoms with Crippen LogP contribution in [0, 0.1) is 5.82 Å². The van der Waals surface area contributed by atoms with Crippen molar-refractivity contribution >= 4 is 22.2 Å². The Labute approximate surface area is 129 Å². The van der Waals surface area contributed by atoms with Crippen LogP contribution < -0.4 is 10.2 Å². The van der Waals surface area contributed by atoms with Gasteiger partial charge in [0.05, 0.1) is 11.4 Å². The van der Waals surface area contributed by atoms with E-state index in [0.717, 1.165) is 23.8 Å². The molecule has 0 aliphatic heterocycles. The van der Waals surface area contributed by atoms with E-state index in [1.54, 1.807) is 23.5 Å². The maximum absolute atomic E-state index is 13.9. The van der Waals surface area contributed by atoms with E-state index in [0.29, 0.717) is 11.6 Å². The summed E-state index contributed by atoms with van der Waals surface area (Å²) in [5.41, 5.74) is 1.67. The second-order valence-electron chi connectivity index (χ2n) is 5.15. The maximum atomic E-state index is 13.9. The summed E-state index contributed by atoms with van der Waals surface area (Å²) in [7, 11) is 3.79. The van der Waals surface area contributed by atoms with Crippen LogP contribution in [0.5, 0.6) is 0 Å². The van der Waals surface area contributed by atoms with E-state index in [-0.39, 0.29) is 5.82 Å². The van der Waals surface area contributed by atoms with Crippen LogP contribution in [0.25, 0.3) is 0 Å². The highest BCUT2D eigenvalue weighted by molar-refractivity contribution is 7.15. The molecule has 1 aromatic heterocycles. The van der Waals surface area contributed by atoms with Crippen molar-refractivity contribution in [3.05, 3.63) is 40.7 Å². The number of para-hydroxylation sites is 1. The topological polar surface area (TPSA) is 28.2 Å². The Morgan fingerprint density at radius 1 is 1.38 bits per heavy atom. The predicted molar refractivity (Wildman–Crippen MR) is 88.0 cm³/mol. The highest BCUT2D eigenvalue weighted by atomic mass is 32.1. The van der Waals surface area contributed by atoms with Crippen LogP contribution in [0.1, 0.15) is 36.8 Å². The molecule has 0 bridgehead atoms. The molecule has 1 atom stereocenters. The lowest BCUT2D eigenvalue weighted by Crippen LogP contribution is -2.11. The van der Waals surface area contributed by atoms with Gasteiger partial charge < -0.3 is 10.2 Å². The van der Waals surface area contributed by atoms with Crippen molar-refractivity contribution in [2.24, 2.45) is 0 Å². The largest absolute Gasteiger partial charge is 0.318 e. The number of anilines is 2. The van der Waals surface area contributed by atoms with Gasteiger partial charge in [-0.05, 0) is 31.5 Å². The van der Waals surface area contributed by atoms with Gasteiger partial charge in [-0.3, -0.25) is 0 Å². The van der Waals surface area contributed by atoms with Gasteiger partial charge in [0, 0.05) is 18.5 Å². The minimum atomic E-state index is -0.226. The minimum absolute atomic E-state index is 0.226. The highest BCUT2D eigenvalue weighted by Gasteiger charge is 2.19. The first-order chi connectivity index (χ1) is 10.1. The molecule has 0 saturated heterocycles. The fourth-order valence-corrected chi connectivity index (χ4v) is 3.35. The molecule has 1 unspecified atom stereocenters. The normalized spacial score (nSPS) is 12.4. The second-order valence-corrected chi connectivity index (χ2v) is 6.22. The summed E-state index contributed by atoms with van der Waals surface area (Å²) in [6.07, 6.45) is 1.04. The van der Waals surface area contributed by atoms with Crippen molar-refractivity contribution in [2.75, 3.05) is 19.0 Å². The molecule has 0 aliphatic carbocycles. The van der Waals surface area contributed by atoms with Gasteiger partial charge in [0.1, 0.15) is 5.82 Å². The van der Waals surface area contributed by atoms with Crippen LogP contribution in [0.15, 0.2) is 24.3 Å². The van der Waals surface area contributed by atoms with Gasteiger partial charge in [0.15, 0.2) is 5.13 Å². The SMILES string of the molecule is CCC(C)c1nc(N(C)c2ccccc2F)sc1CNC. The first kappa shape index (κ1) is 15.9. The molecule has 0 amide bonds. The van der Waals surface area contributed by atoms with E-state index in [9.17, 15) is 4.39 Å². The number of rotatable bonds is 6. The average molecular weight is 307 g/mol. The van der Waals surface area contributed by atoms with Crippen molar-refractivity contribution in [3.63, 3.8) is 0 Å². The van der Waals surface area contributed by atoms with Gasteiger partial charge in [0.2, 0.25) is 0 Å². The Kier molecular flexibility index (Phi) is 5.31. The molecule has 114 valence electrons. The zero-order valence-electron chi connectivity index (χ0n) is 13.0. The Balaban J connectivity index is 2.38. The summed E-state index contributed by atoms with van der Waals surface area (Å²) in [6, 6.07) is 6.79. The van der Waals surface area contributed by atoms with E-state index in [4.69, 9.17) is 4.98 Å². The lowest BCUT2D eigenvalue weighted by atomic mass is 10.0. The Morgan fingerprint density at radius 3 is 2.71 bits per heavy atom. The van der Waals surface area contributed by atoms with Crippen molar-refractivity contribution in [2.45, 2.75) is 32.7 Å². The zero-order chi connectivity index (χ0) is 15.4. The third kappa shape index (κ3) is 3.41. The van der Waals surface area contributed by atoms with Crippen LogP contribution in [0.2, 0.25) is 0 Å². The number of benzene rings is 1. The van der Waals surface area contributed by atoms with Gasteiger partial charge in [-0.15, -0.1) is 0 Å². The summed E-state index contributed by atoms with van der Waals surface area (Å²) in [6.45, 7) is 5.14. The van der Waals surface area contributed by atoms with Crippen molar-refractivity contribution < 1.29 is 4.39 Å². The molecule has 0 aliphatic rings. The van der Waals surface area contributed by atoms with Crippen LogP contribution in [0.4, 0.5) is 15.2 Å². The molecular weight excluding hydrogens is 285 g/mol. The van der Waals surface area contributed by atoms with Gasteiger partial charge in [0.25, 0.3) is 0 Å². The first-order valence-electron chi connectivity index (χ1n) is 7.20. The maximum Gasteiger partial charge on any atom is 0.190 e. The monoisotopic (exact) mass is 307 g/mol. The van der Waals surface area contributed by atoms with Crippen LogP contribution in [-0.4, -0.2) is 19.1 Å². The first-order valence-corrected chi connectivity index (χ1v) is 8.02. The van der Waals surface area contributed by atoms with Crippen molar-refractivity contribution in [1.82, 2.24) is 10.3 Å². The molecule has 0 radical (unpaired) electrons. The summed E-state index contributed by atoms with van der Waals surface area (Å²) in [5, 5.41) is 4.02. The zero-order valence-corrected chi connectivity index (χ0v) is 13.8. The number of aromatic nitrogens is 1. The Hall–Kier alpha value is -1.46.